The maximum Gasteiger partial charge on any atom is 0.250 e. The second-order valence-corrected chi connectivity index (χ2v) is 3.93. The third kappa shape index (κ3) is 4.73. The molecule has 1 N–H and O–H groups in total. The SMILES string of the molecule is COCCOCC(=O)Nc1c(C)cccc1Cl. The monoisotopic (exact) mass is 257 g/mol. The molecule has 0 fully saturated rings. The number of halogens is 1. The van der Waals surface area contributed by atoms with Crippen LogP contribution in [0.4, 0.5) is 5.69 Å². The van der Waals surface area contributed by atoms with E-state index in [-0.39, 0.29) is 12.5 Å². The van der Waals surface area contributed by atoms with Crippen molar-refractivity contribution in [3.05, 3.63) is 28.8 Å². The van der Waals surface area contributed by atoms with E-state index in [0.29, 0.717) is 23.9 Å². The van der Waals surface area contributed by atoms with Crippen LogP contribution in [0.1, 0.15) is 5.56 Å². The Kier molecular flexibility index (Phi) is 5.97. The molecule has 0 aliphatic heterocycles. The summed E-state index contributed by atoms with van der Waals surface area (Å²) in [6.45, 7) is 2.74. The number of rotatable bonds is 6. The average Bonchev–Trinajstić information content (AvgIpc) is 2.30. The van der Waals surface area contributed by atoms with Crippen LogP contribution < -0.4 is 5.32 Å². The van der Waals surface area contributed by atoms with Crippen molar-refractivity contribution < 1.29 is 14.3 Å². The van der Waals surface area contributed by atoms with Crippen molar-refractivity contribution in [2.24, 2.45) is 0 Å². The van der Waals surface area contributed by atoms with Crippen molar-refractivity contribution in [2.75, 3.05) is 32.2 Å². The van der Waals surface area contributed by atoms with Gasteiger partial charge >= 0.3 is 0 Å². The van der Waals surface area contributed by atoms with E-state index >= 15 is 0 Å². The summed E-state index contributed by atoms with van der Waals surface area (Å²) < 4.78 is 9.91. The lowest BCUT2D eigenvalue weighted by Crippen LogP contribution is -2.20. The molecule has 1 aromatic rings. The number of hydrogen-bond donors (Lipinski definition) is 1. The predicted octanol–water partition coefficient (Wildman–Crippen LogP) is 2.25. The van der Waals surface area contributed by atoms with Crippen LogP contribution in [-0.4, -0.2) is 32.8 Å². The Balaban J connectivity index is 2.45. The Morgan fingerprint density at radius 2 is 2.18 bits per heavy atom. The fourth-order valence-corrected chi connectivity index (χ4v) is 1.54. The van der Waals surface area contributed by atoms with Gasteiger partial charge in [0.25, 0.3) is 0 Å². The normalized spacial score (nSPS) is 10.3. The van der Waals surface area contributed by atoms with Crippen molar-refractivity contribution in [1.29, 1.82) is 0 Å². The van der Waals surface area contributed by atoms with E-state index in [1.54, 1.807) is 13.2 Å². The highest BCUT2D eigenvalue weighted by Crippen LogP contribution is 2.24. The highest BCUT2D eigenvalue weighted by Gasteiger charge is 2.07. The van der Waals surface area contributed by atoms with Gasteiger partial charge in [-0.3, -0.25) is 4.79 Å². The zero-order valence-corrected chi connectivity index (χ0v) is 10.7. The summed E-state index contributed by atoms with van der Waals surface area (Å²) >= 11 is 5.98. The fourth-order valence-electron chi connectivity index (χ4n) is 1.27. The Morgan fingerprint density at radius 1 is 1.41 bits per heavy atom. The van der Waals surface area contributed by atoms with E-state index in [1.807, 2.05) is 19.1 Å². The van der Waals surface area contributed by atoms with E-state index in [9.17, 15) is 4.79 Å². The minimum atomic E-state index is -0.225. The Bertz CT molecular complexity index is 362. The maximum absolute atomic E-state index is 11.5. The number of carbonyl (C=O) groups is 1. The molecule has 1 aromatic carbocycles. The van der Waals surface area contributed by atoms with Gasteiger partial charge in [-0.2, -0.15) is 0 Å². The molecule has 0 unspecified atom stereocenters. The Morgan fingerprint density at radius 3 is 2.82 bits per heavy atom. The van der Waals surface area contributed by atoms with Gasteiger partial charge in [0.05, 0.1) is 23.9 Å². The fraction of sp³-hybridized carbons (Fsp3) is 0.417. The van der Waals surface area contributed by atoms with E-state index in [1.165, 1.54) is 0 Å². The molecule has 0 atom stereocenters. The molecule has 4 nitrogen and oxygen atoms in total. The summed E-state index contributed by atoms with van der Waals surface area (Å²) in [5, 5.41) is 3.24. The zero-order chi connectivity index (χ0) is 12.7. The molecule has 1 rings (SSSR count). The number of benzene rings is 1. The Hall–Kier alpha value is -1.10. The second-order valence-electron chi connectivity index (χ2n) is 3.53. The van der Waals surface area contributed by atoms with Crippen molar-refractivity contribution in [2.45, 2.75) is 6.92 Å². The first-order chi connectivity index (χ1) is 8.15. The lowest BCUT2D eigenvalue weighted by Gasteiger charge is -2.10. The summed E-state index contributed by atoms with van der Waals surface area (Å²) in [5.41, 5.74) is 1.55. The van der Waals surface area contributed by atoms with Crippen molar-refractivity contribution in [3.63, 3.8) is 0 Å². The Labute approximate surface area is 106 Å². The number of carbonyl (C=O) groups excluding carboxylic acids is 1. The summed E-state index contributed by atoms with van der Waals surface area (Å²) in [4.78, 5) is 11.5. The molecular formula is C12H16ClNO3. The van der Waals surface area contributed by atoms with Crippen LogP contribution in [0.5, 0.6) is 0 Å². The van der Waals surface area contributed by atoms with E-state index in [2.05, 4.69) is 5.32 Å². The summed E-state index contributed by atoms with van der Waals surface area (Å²) in [7, 11) is 1.58. The lowest BCUT2D eigenvalue weighted by atomic mass is 10.2. The van der Waals surface area contributed by atoms with Gasteiger partial charge in [0, 0.05) is 7.11 Å². The molecule has 0 spiro atoms. The number of aryl methyl sites for hydroxylation is 1. The van der Waals surface area contributed by atoms with Gasteiger partial charge in [0.1, 0.15) is 6.61 Å². The molecule has 94 valence electrons. The van der Waals surface area contributed by atoms with Crippen molar-refractivity contribution in [1.82, 2.24) is 0 Å². The van der Waals surface area contributed by atoms with Gasteiger partial charge in [-0.05, 0) is 18.6 Å². The van der Waals surface area contributed by atoms with Crippen LogP contribution in [-0.2, 0) is 14.3 Å². The van der Waals surface area contributed by atoms with Gasteiger partial charge in [-0.25, -0.2) is 0 Å². The molecule has 1 amide bonds. The molecule has 0 saturated carbocycles. The molecule has 5 heteroatoms. The highest BCUT2D eigenvalue weighted by molar-refractivity contribution is 6.33. The quantitative estimate of drug-likeness (QED) is 0.795. The first-order valence-electron chi connectivity index (χ1n) is 5.26. The second kappa shape index (κ2) is 7.27. The van der Waals surface area contributed by atoms with Gasteiger partial charge in [0.15, 0.2) is 0 Å². The number of hydrogen-bond acceptors (Lipinski definition) is 3. The van der Waals surface area contributed by atoms with Crippen molar-refractivity contribution >= 4 is 23.2 Å². The van der Waals surface area contributed by atoms with Crippen LogP contribution in [0.2, 0.25) is 5.02 Å². The first kappa shape index (κ1) is 14.0. The van der Waals surface area contributed by atoms with Crippen molar-refractivity contribution in [3.8, 4) is 0 Å². The van der Waals surface area contributed by atoms with Gasteiger partial charge in [-0.15, -0.1) is 0 Å². The zero-order valence-electron chi connectivity index (χ0n) is 9.96. The molecule has 0 bridgehead atoms. The smallest absolute Gasteiger partial charge is 0.250 e. The number of amides is 1. The standard InChI is InChI=1S/C12H16ClNO3/c1-9-4-3-5-10(13)12(9)14-11(15)8-17-7-6-16-2/h3-5H,6-8H2,1-2H3,(H,14,15). The molecule has 0 aromatic heterocycles. The summed E-state index contributed by atoms with van der Waals surface area (Å²) in [6, 6.07) is 5.45. The van der Waals surface area contributed by atoms with E-state index < -0.39 is 0 Å². The molecule has 0 heterocycles. The largest absolute Gasteiger partial charge is 0.382 e. The van der Waals surface area contributed by atoms with Gasteiger partial charge in [0.2, 0.25) is 5.91 Å². The van der Waals surface area contributed by atoms with E-state index in [4.69, 9.17) is 21.1 Å². The number of nitrogens with one attached hydrogen (secondary N) is 1. The number of methoxy groups -OCH3 is 1. The third-order valence-corrected chi connectivity index (χ3v) is 2.47. The van der Waals surface area contributed by atoms with E-state index in [0.717, 1.165) is 5.56 Å². The highest BCUT2D eigenvalue weighted by atomic mass is 35.5. The van der Waals surface area contributed by atoms with Crippen LogP contribution in [0, 0.1) is 6.92 Å². The van der Waals surface area contributed by atoms with Crippen LogP contribution in [0.25, 0.3) is 0 Å². The number of para-hydroxylation sites is 1. The number of anilines is 1. The van der Waals surface area contributed by atoms with Crippen LogP contribution >= 0.6 is 11.6 Å². The molecule has 0 saturated heterocycles. The first-order valence-corrected chi connectivity index (χ1v) is 5.64. The minimum absolute atomic E-state index is 0.00593. The minimum Gasteiger partial charge on any atom is -0.382 e. The van der Waals surface area contributed by atoms with Crippen LogP contribution in [0.3, 0.4) is 0 Å². The molecule has 0 aliphatic carbocycles. The lowest BCUT2D eigenvalue weighted by molar-refractivity contribution is -0.121. The predicted molar refractivity (Wildman–Crippen MR) is 67.5 cm³/mol. The number of ether oxygens (including phenoxy) is 2. The average molecular weight is 258 g/mol. The maximum atomic E-state index is 11.5. The molecule has 0 radical (unpaired) electrons. The third-order valence-electron chi connectivity index (χ3n) is 2.15. The summed E-state index contributed by atoms with van der Waals surface area (Å²) in [5.74, 6) is -0.225. The topological polar surface area (TPSA) is 47.6 Å². The summed E-state index contributed by atoms with van der Waals surface area (Å²) in [6.07, 6.45) is 0. The van der Waals surface area contributed by atoms with Gasteiger partial charge < -0.3 is 14.8 Å². The molecular weight excluding hydrogens is 242 g/mol. The van der Waals surface area contributed by atoms with Crippen LogP contribution in [0.15, 0.2) is 18.2 Å². The molecule has 17 heavy (non-hydrogen) atoms. The molecule has 0 aliphatic rings. The van der Waals surface area contributed by atoms with Gasteiger partial charge in [-0.1, -0.05) is 23.7 Å².